The lowest BCUT2D eigenvalue weighted by molar-refractivity contribution is -0.120. The van der Waals surface area contributed by atoms with Crippen molar-refractivity contribution in [3.05, 3.63) is 29.8 Å². The number of hydrogen-bond donors (Lipinski definition) is 2. The zero-order valence-electron chi connectivity index (χ0n) is 12.8. The van der Waals surface area contributed by atoms with Gasteiger partial charge in [-0.15, -0.1) is 0 Å². The van der Waals surface area contributed by atoms with Crippen molar-refractivity contribution in [1.29, 1.82) is 0 Å². The van der Waals surface area contributed by atoms with Gasteiger partial charge in [0.2, 0.25) is 5.91 Å². The summed E-state index contributed by atoms with van der Waals surface area (Å²) >= 11 is 0. The first-order valence-corrected chi connectivity index (χ1v) is 8.61. The molecule has 1 rings (SSSR count). The SMILES string of the molecule is CC(C)(C)S(=O)(=O)CCNC(=O)CCc1ccccc1N. The molecule has 21 heavy (non-hydrogen) atoms. The summed E-state index contributed by atoms with van der Waals surface area (Å²) in [7, 11) is -3.20. The monoisotopic (exact) mass is 312 g/mol. The maximum absolute atomic E-state index is 11.9. The second kappa shape index (κ2) is 6.93. The quantitative estimate of drug-likeness (QED) is 0.780. The molecule has 0 heterocycles. The van der Waals surface area contributed by atoms with Crippen LogP contribution in [-0.4, -0.2) is 31.4 Å². The Kier molecular flexibility index (Phi) is 5.78. The second-order valence-corrected chi connectivity index (χ2v) is 8.84. The van der Waals surface area contributed by atoms with E-state index in [-0.39, 0.29) is 18.2 Å². The fourth-order valence-electron chi connectivity index (χ4n) is 1.73. The number of anilines is 1. The highest BCUT2D eigenvalue weighted by Crippen LogP contribution is 2.15. The molecule has 3 N–H and O–H groups in total. The molecular weight excluding hydrogens is 288 g/mol. The van der Waals surface area contributed by atoms with Gasteiger partial charge < -0.3 is 11.1 Å². The molecule has 0 unspecified atom stereocenters. The predicted octanol–water partition coefficient (Wildman–Crippen LogP) is 1.53. The van der Waals surface area contributed by atoms with Crippen molar-refractivity contribution in [3.8, 4) is 0 Å². The van der Waals surface area contributed by atoms with Crippen LogP contribution in [0.4, 0.5) is 5.69 Å². The van der Waals surface area contributed by atoms with Crippen LogP contribution in [0.1, 0.15) is 32.8 Å². The van der Waals surface area contributed by atoms with E-state index in [0.29, 0.717) is 18.5 Å². The van der Waals surface area contributed by atoms with E-state index < -0.39 is 14.6 Å². The summed E-state index contributed by atoms with van der Waals surface area (Å²) in [6, 6.07) is 7.39. The number of aryl methyl sites for hydroxylation is 1. The van der Waals surface area contributed by atoms with Gasteiger partial charge in [-0.25, -0.2) is 8.42 Å². The lowest BCUT2D eigenvalue weighted by Crippen LogP contribution is -2.36. The number of nitrogens with two attached hydrogens (primary N) is 1. The first kappa shape index (κ1) is 17.5. The molecule has 1 amide bonds. The number of benzene rings is 1. The fourth-order valence-corrected chi connectivity index (χ4v) is 2.71. The van der Waals surface area contributed by atoms with Gasteiger partial charge >= 0.3 is 0 Å². The highest BCUT2D eigenvalue weighted by Gasteiger charge is 2.28. The van der Waals surface area contributed by atoms with Crippen molar-refractivity contribution in [2.75, 3.05) is 18.0 Å². The molecular formula is C15H24N2O3S. The Morgan fingerprint density at radius 3 is 2.43 bits per heavy atom. The van der Waals surface area contributed by atoms with E-state index in [1.54, 1.807) is 26.8 Å². The highest BCUT2D eigenvalue weighted by molar-refractivity contribution is 7.92. The van der Waals surface area contributed by atoms with Crippen molar-refractivity contribution in [2.45, 2.75) is 38.4 Å². The van der Waals surface area contributed by atoms with Crippen molar-refractivity contribution in [2.24, 2.45) is 0 Å². The van der Waals surface area contributed by atoms with Gasteiger partial charge in [0.25, 0.3) is 0 Å². The Balaban J connectivity index is 2.38. The largest absolute Gasteiger partial charge is 0.399 e. The van der Waals surface area contributed by atoms with E-state index in [2.05, 4.69) is 5.32 Å². The molecule has 0 aromatic heterocycles. The van der Waals surface area contributed by atoms with E-state index in [4.69, 9.17) is 5.73 Å². The summed E-state index contributed by atoms with van der Waals surface area (Å²) in [4.78, 5) is 11.7. The van der Waals surface area contributed by atoms with Crippen LogP contribution in [0, 0.1) is 0 Å². The molecule has 0 aliphatic heterocycles. The number of rotatable bonds is 6. The molecule has 0 saturated heterocycles. The Morgan fingerprint density at radius 2 is 1.86 bits per heavy atom. The zero-order chi connectivity index (χ0) is 16.1. The van der Waals surface area contributed by atoms with Crippen LogP contribution in [0.15, 0.2) is 24.3 Å². The molecule has 1 aromatic carbocycles. The van der Waals surface area contributed by atoms with E-state index in [1.165, 1.54) is 0 Å². The Bertz CT molecular complexity index is 589. The van der Waals surface area contributed by atoms with Crippen molar-refractivity contribution >= 4 is 21.4 Å². The topological polar surface area (TPSA) is 89.3 Å². The first-order valence-electron chi connectivity index (χ1n) is 6.96. The molecule has 0 spiro atoms. The average Bonchev–Trinajstić information content (AvgIpc) is 2.36. The van der Waals surface area contributed by atoms with Crippen LogP contribution in [0.5, 0.6) is 0 Å². The van der Waals surface area contributed by atoms with Gasteiger partial charge in [0.1, 0.15) is 0 Å². The van der Waals surface area contributed by atoms with Gasteiger partial charge in [-0.3, -0.25) is 4.79 Å². The van der Waals surface area contributed by atoms with Crippen LogP contribution in [0.25, 0.3) is 0 Å². The van der Waals surface area contributed by atoms with E-state index in [0.717, 1.165) is 5.56 Å². The zero-order valence-corrected chi connectivity index (χ0v) is 13.7. The number of nitrogens with one attached hydrogen (secondary N) is 1. The fraction of sp³-hybridized carbons (Fsp3) is 0.533. The molecule has 6 heteroatoms. The molecule has 118 valence electrons. The molecule has 0 fully saturated rings. The maximum Gasteiger partial charge on any atom is 0.220 e. The van der Waals surface area contributed by atoms with Crippen LogP contribution in [-0.2, 0) is 21.1 Å². The number of carbonyl (C=O) groups is 1. The van der Waals surface area contributed by atoms with Crippen LogP contribution in [0.3, 0.4) is 0 Å². The summed E-state index contributed by atoms with van der Waals surface area (Å²) in [5, 5.41) is 2.64. The van der Waals surface area contributed by atoms with Crippen molar-refractivity contribution in [3.63, 3.8) is 0 Å². The lowest BCUT2D eigenvalue weighted by Gasteiger charge is -2.19. The number of hydrogen-bond acceptors (Lipinski definition) is 4. The molecule has 5 nitrogen and oxygen atoms in total. The Morgan fingerprint density at radius 1 is 1.24 bits per heavy atom. The van der Waals surface area contributed by atoms with E-state index >= 15 is 0 Å². The minimum Gasteiger partial charge on any atom is -0.399 e. The standard InChI is InChI=1S/C15H24N2O3S/c1-15(2,3)21(19,20)11-10-17-14(18)9-8-12-6-4-5-7-13(12)16/h4-7H,8-11,16H2,1-3H3,(H,17,18). The van der Waals surface area contributed by atoms with Gasteiger partial charge in [-0.2, -0.15) is 0 Å². The number of nitrogen functional groups attached to an aromatic ring is 1. The lowest BCUT2D eigenvalue weighted by atomic mass is 10.1. The molecule has 0 aliphatic carbocycles. The minimum atomic E-state index is -3.20. The molecule has 0 atom stereocenters. The van der Waals surface area contributed by atoms with Gasteiger partial charge in [0.05, 0.1) is 10.5 Å². The number of sulfone groups is 1. The van der Waals surface area contributed by atoms with Crippen LogP contribution in [0.2, 0.25) is 0 Å². The second-order valence-electron chi connectivity index (χ2n) is 5.98. The third-order valence-corrected chi connectivity index (χ3v) is 5.91. The van der Waals surface area contributed by atoms with Gasteiger partial charge in [-0.05, 0) is 38.8 Å². The number of para-hydroxylation sites is 1. The van der Waals surface area contributed by atoms with Crippen LogP contribution < -0.4 is 11.1 Å². The minimum absolute atomic E-state index is 0.0459. The highest BCUT2D eigenvalue weighted by atomic mass is 32.2. The van der Waals surface area contributed by atoms with Gasteiger partial charge in [0, 0.05) is 18.7 Å². The molecule has 0 bridgehead atoms. The first-order chi connectivity index (χ1) is 9.63. The van der Waals surface area contributed by atoms with Crippen molar-refractivity contribution in [1.82, 2.24) is 5.32 Å². The van der Waals surface area contributed by atoms with E-state index in [1.807, 2.05) is 18.2 Å². The molecule has 0 radical (unpaired) electrons. The summed E-state index contributed by atoms with van der Waals surface area (Å²) in [5.41, 5.74) is 7.39. The molecule has 0 aliphatic rings. The number of carbonyl (C=O) groups excluding carboxylic acids is 1. The average molecular weight is 312 g/mol. The summed E-state index contributed by atoms with van der Waals surface area (Å²) in [6.45, 7) is 5.11. The number of amides is 1. The molecule has 0 saturated carbocycles. The summed E-state index contributed by atoms with van der Waals surface area (Å²) < 4.78 is 23.0. The maximum atomic E-state index is 11.9. The van der Waals surface area contributed by atoms with Crippen molar-refractivity contribution < 1.29 is 13.2 Å². The Labute approximate surface area is 126 Å². The summed E-state index contributed by atoms with van der Waals surface area (Å²) in [6.07, 6.45) is 0.842. The smallest absolute Gasteiger partial charge is 0.220 e. The predicted molar refractivity (Wildman–Crippen MR) is 85.7 cm³/mol. The van der Waals surface area contributed by atoms with Gasteiger partial charge in [-0.1, -0.05) is 18.2 Å². The third-order valence-electron chi connectivity index (χ3n) is 3.30. The molecule has 1 aromatic rings. The Hall–Kier alpha value is -1.56. The summed E-state index contributed by atoms with van der Waals surface area (Å²) in [5.74, 6) is -0.210. The van der Waals surface area contributed by atoms with Crippen LogP contribution >= 0.6 is 0 Å². The third kappa shape index (κ3) is 5.38. The normalized spacial score (nSPS) is 12.1. The van der Waals surface area contributed by atoms with E-state index in [9.17, 15) is 13.2 Å². The van der Waals surface area contributed by atoms with Gasteiger partial charge in [0.15, 0.2) is 9.84 Å².